The summed E-state index contributed by atoms with van der Waals surface area (Å²) in [5, 5.41) is 9.83. The van der Waals surface area contributed by atoms with Crippen LogP contribution in [0.25, 0.3) is 0 Å². The van der Waals surface area contributed by atoms with Crippen molar-refractivity contribution in [3.8, 4) is 0 Å². The molecule has 0 bridgehead atoms. The molecule has 1 heterocycles. The van der Waals surface area contributed by atoms with Gasteiger partial charge in [-0.15, -0.1) is 12.4 Å². The minimum atomic E-state index is 0. The average Bonchev–Trinajstić information content (AvgIpc) is 2.84. The Balaban J connectivity index is 0.00000361. The van der Waals surface area contributed by atoms with Crippen LogP contribution >= 0.6 is 12.4 Å². The van der Waals surface area contributed by atoms with E-state index >= 15 is 0 Å². The summed E-state index contributed by atoms with van der Waals surface area (Å²) in [6.07, 6.45) is 3.72. The Labute approximate surface area is 126 Å². The fraction of sp³-hybridized carbons (Fsp3) is 0.769. The van der Waals surface area contributed by atoms with Crippen LogP contribution in [0.1, 0.15) is 44.8 Å². The largest absolute Gasteiger partial charge is 0.355 e. The number of carbonyl (C=O) groups is 1. The summed E-state index contributed by atoms with van der Waals surface area (Å²) in [6.45, 7) is 4.75. The van der Waals surface area contributed by atoms with Gasteiger partial charge < -0.3 is 15.2 Å². The van der Waals surface area contributed by atoms with E-state index in [9.17, 15) is 4.79 Å². The average molecular weight is 305 g/mol. The number of aryl methyl sites for hydroxylation is 2. The third-order valence-electron chi connectivity index (χ3n) is 2.88. The zero-order valence-corrected chi connectivity index (χ0v) is 13.3. The molecule has 0 aromatic carbocycles. The second kappa shape index (κ2) is 10.6. The third kappa shape index (κ3) is 7.45. The molecular formula is C13H25ClN4O2. The number of nitrogens with zero attached hydrogens (tertiary/aromatic N) is 2. The van der Waals surface area contributed by atoms with Gasteiger partial charge in [0.2, 0.25) is 11.8 Å². The van der Waals surface area contributed by atoms with E-state index in [-0.39, 0.29) is 24.4 Å². The number of rotatable bonds is 9. The van der Waals surface area contributed by atoms with Gasteiger partial charge >= 0.3 is 0 Å². The standard InChI is InChI=1S/C13H24N4O2.ClH/c1-4-6-11-16-13(19-17-11)8-5-7-12(18)15-9-10(2)14-3;/h10,14H,4-9H2,1-3H3,(H,15,18);1H. The van der Waals surface area contributed by atoms with Crippen LogP contribution in [-0.4, -0.2) is 35.7 Å². The van der Waals surface area contributed by atoms with Crippen molar-refractivity contribution in [1.82, 2.24) is 20.8 Å². The van der Waals surface area contributed by atoms with Gasteiger partial charge in [-0.05, 0) is 26.8 Å². The van der Waals surface area contributed by atoms with Crippen molar-refractivity contribution in [1.29, 1.82) is 0 Å². The van der Waals surface area contributed by atoms with E-state index in [0.29, 0.717) is 25.3 Å². The maximum absolute atomic E-state index is 11.6. The van der Waals surface area contributed by atoms with Crippen LogP contribution in [0.4, 0.5) is 0 Å². The van der Waals surface area contributed by atoms with Crippen molar-refractivity contribution in [3.05, 3.63) is 11.7 Å². The van der Waals surface area contributed by atoms with Gasteiger partial charge in [-0.2, -0.15) is 4.98 Å². The topological polar surface area (TPSA) is 80.0 Å². The monoisotopic (exact) mass is 304 g/mol. The summed E-state index contributed by atoms with van der Waals surface area (Å²) in [7, 11) is 1.88. The molecule has 0 aliphatic heterocycles. The van der Waals surface area contributed by atoms with E-state index in [1.165, 1.54) is 0 Å². The SMILES string of the molecule is CCCc1noc(CCCC(=O)NCC(C)NC)n1.Cl. The van der Waals surface area contributed by atoms with Gasteiger partial charge in [-0.1, -0.05) is 12.1 Å². The quantitative estimate of drug-likeness (QED) is 0.722. The number of nitrogens with one attached hydrogen (secondary N) is 2. The van der Waals surface area contributed by atoms with Crippen LogP contribution in [-0.2, 0) is 17.6 Å². The summed E-state index contributed by atoms with van der Waals surface area (Å²) in [5.74, 6) is 1.44. The second-order valence-corrected chi connectivity index (χ2v) is 4.70. The molecule has 7 heteroatoms. The van der Waals surface area contributed by atoms with Crippen molar-refractivity contribution < 1.29 is 9.32 Å². The molecule has 1 aromatic heterocycles. The molecule has 2 N–H and O–H groups in total. The van der Waals surface area contributed by atoms with Crippen LogP contribution in [0.5, 0.6) is 0 Å². The predicted octanol–water partition coefficient (Wildman–Crippen LogP) is 1.49. The summed E-state index contributed by atoms with van der Waals surface area (Å²) >= 11 is 0. The van der Waals surface area contributed by atoms with Gasteiger partial charge in [-0.25, -0.2) is 0 Å². The number of carbonyl (C=O) groups excluding carboxylic acids is 1. The van der Waals surface area contributed by atoms with Gasteiger partial charge in [0, 0.05) is 31.8 Å². The van der Waals surface area contributed by atoms with E-state index in [1.807, 2.05) is 14.0 Å². The molecule has 116 valence electrons. The molecule has 1 unspecified atom stereocenters. The summed E-state index contributed by atoms with van der Waals surface area (Å²) in [5.41, 5.74) is 0. The highest BCUT2D eigenvalue weighted by molar-refractivity contribution is 5.85. The lowest BCUT2D eigenvalue weighted by Crippen LogP contribution is -2.37. The van der Waals surface area contributed by atoms with Crippen molar-refractivity contribution in [2.24, 2.45) is 0 Å². The number of hydrogen-bond acceptors (Lipinski definition) is 5. The molecule has 1 rings (SSSR count). The lowest BCUT2D eigenvalue weighted by atomic mass is 10.2. The van der Waals surface area contributed by atoms with Gasteiger partial charge in [0.05, 0.1) is 0 Å². The van der Waals surface area contributed by atoms with Crippen LogP contribution in [0, 0.1) is 0 Å². The first-order chi connectivity index (χ1) is 9.15. The maximum Gasteiger partial charge on any atom is 0.226 e. The molecule has 0 aliphatic rings. The van der Waals surface area contributed by atoms with E-state index in [4.69, 9.17) is 4.52 Å². The summed E-state index contributed by atoms with van der Waals surface area (Å²) < 4.78 is 5.11. The lowest BCUT2D eigenvalue weighted by molar-refractivity contribution is -0.121. The van der Waals surface area contributed by atoms with Gasteiger partial charge in [0.1, 0.15) is 0 Å². The molecule has 1 aromatic rings. The lowest BCUT2D eigenvalue weighted by Gasteiger charge is -2.10. The van der Waals surface area contributed by atoms with Crippen molar-refractivity contribution >= 4 is 18.3 Å². The van der Waals surface area contributed by atoms with Crippen LogP contribution in [0.3, 0.4) is 0 Å². The first kappa shape index (κ1) is 18.9. The van der Waals surface area contributed by atoms with E-state index in [1.54, 1.807) is 0 Å². The molecule has 0 spiro atoms. The Kier molecular flexibility index (Phi) is 10.0. The third-order valence-corrected chi connectivity index (χ3v) is 2.88. The Morgan fingerprint density at radius 3 is 2.80 bits per heavy atom. The molecule has 6 nitrogen and oxygen atoms in total. The fourth-order valence-corrected chi connectivity index (χ4v) is 1.57. The Bertz CT molecular complexity index is 384. The van der Waals surface area contributed by atoms with Gasteiger partial charge in [0.15, 0.2) is 5.82 Å². The van der Waals surface area contributed by atoms with Crippen LogP contribution in [0.15, 0.2) is 4.52 Å². The number of halogens is 1. The van der Waals surface area contributed by atoms with E-state index < -0.39 is 0 Å². The highest BCUT2D eigenvalue weighted by Gasteiger charge is 2.07. The summed E-state index contributed by atoms with van der Waals surface area (Å²) in [4.78, 5) is 15.8. The number of hydrogen-bond donors (Lipinski definition) is 2. The van der Waals surface area contributed by atoms with E-state index in [2.05, 4.69) is 27.7 Å². The Hall–Kier alpha value is -1.14. The first-order valence-corrected chi connectivity index (χ1v) is 6.91. The molecule has 0 fully saturated rings. The highest BCUT2D eigenvalue weighted by Crippen LogP contribution is 2.04. The molecule has 1 amide bonds. The van der Waals surface area contributed by atoms with Crippen LogP contribution < -0.4 is 10.6 Å². The normalized spacial score (nSPS) is 11.8. The Morgan fingerprint density at radius 1 is 1.40 bits per heavy atom. The van der Waals surface area contributed by atoms with Crippen molar-refractivity contribution in [2.75, 3.05) is 13.6 Å². The molecular weight excluding hydrogens is 280 g/mol. The molecule has 0 saturated heterocycles. The van der Waals surface area contributed by atoms with E-state index in [0.717, 1.165) is 25.1 Å². The highest BCUT2D eigenvalue weighted by atomic mass is 35.5. The molecule has 20 heavy (non-hydrogen) atoms. The number of aromatic nitrogens is 2. The van der Waals surface area contributed by atoms with Crippen LogP contribution in [0.2, 0.25) is 0 Å². The fourth-order valence-electron chi connectivity index (χ4n) is 1.57. The maximum atomic E-state index is 11.6. The predicted molar refractivity (Wildman–Crippen MR) is 80.0 cm³/mol. The van der Waals surface area contributed by atoms with Gasteiger partial charge in [0.25, 0.3) is 0 Å². The molecule has 0 aliphatic carbocycles. The smallest absolute Gasteiger partial charge is 0.226 e. The molecule has 0 radical (unpaired) electrons. The zero-order chi connectivity index (χ0) is 14.1. The second-order valence-electron chi connectivity index (χ2n) is 4.70. The molecule has 1 atom stereocenters. The van der Waals surface area contributed by atoms with Crippen molar-refractivity contribution in [3.63, 3.8) is 0 Å². The minimum Gasteiger partial charge on any atom is -0.355 e. The zero-order valence-electron chi connectivity index (χ0n) is 12.4. The number of likely N-dealkylation sites (N-methyl/N-ethyl adjacent to an activating group) is 1. The Morgan fingerprint density at radius 2 is 2.15 bits per heavy atom. The molecule has 0 saturated carbocycles. The minimum absolute atomic E-state index is 0. The van der Waals surface area contributed by atoms with Gasteiger partial charge in [-0.3, -0.25) is 4.79 Å². The van der Waals surface area contributed by atoms with Crippen molar-refractivity contribution in [2.45, 2.75) is 52.0 Å². The summed E-state index contributed by atoms with van der Waals surface area (Å²) in [6, 6.07) is 0.288. The number of amides is 1. The first-order valence-electron chi connectivity index (χ1n) is 6.91.